The summed E-state index contributed by atoms with van der Waals surface area (Å²) in [4.78, 5) is 10.7. The van der Waals surface area contributed by atoms with Crippen molar-refractivity contribution in [1.29, 1.82) is 0 Å². The third-order valence-electron chi connectivity index (χ3n) is 2.05. The number of fused-ring (bicyclic) bond motifs is 1. The van der Waals surface area contributed by atoms with Gasteiger partial charge in [-0.2, -0.15) is 0 Å². The molecule has 0 radical (unpaired) electrons. The first-order valence-electron chi connectivity index (χ1n) is 3.51. The van der Waals surface area contributed by atoms with E-state index in [1.54, 1.807) is 0 Å². The van der Waals surface area contributed by atoms with Crippen molar-refractivity contribution in [3.8, 4) is 0 Å². The van der Waals surface area contributed by atoms with Crippen LogP contribution >= 0.6 is 0 Å². The van der Waals surface area contributed by atoms with E-state index in [1.165, 1.54) is 0 Å². The van der Waals surface area contributed by atoms with Gasteiger partial charge < -0.3 is 24.8 Å². The maximum absolute atomic E-state index is 10.7. The summed E-state index contributed by atoms with van der Waals surface area (Å²) in [5.74, 6) is -0.823. The first kappa shape index (κ1) is 7.93. The predicted molar refractivity (Wildman–Crippen MR) is 32.8 cm³/mol. The Labute approximate surface area is 67.3 Å². The molecule has 0 saturated carbocycles. The Kier molecular flexibility index (Phi) is 1.58. The van der Waals surface area contributed by atoms with Crippen molar-refractivity contribution in [1.82, 2.24) is 0 Å². The summed E-state index contributed by atoms with van der Waals surface area (Å²) in [5, 5.41) is 27.2. The van der Waals surface area contributed by atoms with Crippen LogP contribution in [0.3, 0.4) is 0 Å². The number of carbonyl (C=O) groups excluding carboxylic acids is 1. The van der Waals surface area contributed by atoms with Gasteiger partial charge in [0.15, 0.2) is 18.5 Å². The lowest BCUT2D eigenvalue weighted by atomic mass is 10.1. The maximum Gasteiger partial charge on any atom is 0.338 e. The zero-order valence-corrected chi connectivity index (χ0v) is 5.95. The van der Waals surface area contributed by atoms with E-state index >= 15 is 0 Å². The Morgan fingerprint density at radius 1 is 1.17 bits per heavy atom. The molecule has 5 atom stereocenters. The fourth-order valence-electron chi connectivity index (χ4n) is 1.40. The molecular weight excluding hydrogens is 168 g/mol. The number of esters is 1. The summed E-state index contributed by atoms with van der Waals surface area (Å²) >= 11 is 0. The van der Waals surface area contributed by atoms with Crippen LogP contribution < -0.4 is 0 Å². The number of carbonyl (C=O) groups is 1. The van der Waals surface area contributed by atoms with Crippen LogP contribution in [0.1, 0.15) is 0 Å². The number of ether oxygens (including phenoxy) is 2. The molecule has 2 rings (SSSR count). The highest BCUT2D eigenvalue weighted by Gasteiger charge is 2.56. The lowest BCUT2D eigenvalue weighted by Gasteiger charge is -2.10. The Hall–Kier alpha value is -0.690. The number of aliphatic hydroxyl groups is 3. The summed E-state index contributed by atoms with van der Waals surface area (Å²) in [6.07, 6.45) is -5.94. The van der Waals surface area contributed by atoms with Crippen LogP contribution in [-0.4, -0.2) is 52.0 Å². The Bertz CT molecular complexity index is 216. The van der Waals surface area contributed by atoms with Crippen LogP contribution in [0, 0.1) is 0 Å². The average molecular weight is 176 g/mol. The molecule has 2 aliphatic rings. The number of hydrogen-bond acceptors (Lipinski definition) is 6. The molecule has 6 nitrogen and oxygen atoms in total. The molecule has 68 valence electrons. The van der Waals surface area contributed by atoms with Gasteiger partial charge in [0.1, 0.15) is 12.2 Å². The van der Waals surface area contributed by atoms with Gasteiger partial charge in [0.25, 0.3) is 0 Å². The van der Waals surface area contributed by atoms with Gasteiger partial charge in [-0.15, -0.1) is 0 Å². The molecule has 6 heteroatoms. The lowest BCUT2D eigenvalue weighted by Crippen LogP contribution is -2.32. The summed E-state index contributed by atoms with van der Waals surface area (Å²) in [7, 11) is 0. The van der Waals surface area contributed by atoms with Gasteiger partial charge in [-0.25, -0.2) is 4.79 Å². The normalized spacial score (nSPS) is 52.2. The molecule has 3 N–H and O–H groups in total. The Balaban J connectivity index is 2.19. The summed E-state index contributed by atoms with van der Waals surface area (Å²) in [5.41, 5.74) is 0. The molecule has 0 aliphatic carbocycles. The fourth-order valence-corrected chi connectivity index (χ4v) is 1.40. The Morgan fingerprint density at radius 3 is 2.42 bits per heavy atom. The van der Waals surface area contributed by atoms with Gasteiger partial charge in [-0.1, -0.05) is 0 Å². The highest BCUT2D eigenvalue weighted by molar-refractivity contribution is 5.78. The molecule has 12 heavy (non-hydrogen) atoms. The second kappa shape index (κ2) is 2.40. The first-order chi connectivity index (χ1) is 5.61. The smallest absolute Gasteiger partial charge is 0.338 e. The van der Waals surface area contributed by atoms with E-state index in [2.05, 4.69) is 9.47 Å². The molecule has 2 unspecified atom stereocenters. The summed E-state index contributed by atoms with van der Waals surface area (Å²) < 4.78 is 9.25. The van der Waals surface area contributed by atoms with Crippen LogP contribution in [-0.2, 0) is 14.3 Å². The molecule has 0 aromatic carbocycles. The number of rotatable bonds is 0. The van der Waals surface area contributed by atoms with Gasteiger partial charge in [-0.05, 0) is 0 Å². The minimum atomic E-state index is -1.40. The molecule has 0 spiro atoms. The molecular formula is C6H8O6. The zero-order chi connectivity index (χ0) is 8.88. The monoisotopic (exact) mass is 176 g/mol. The van der Waals surface area contributed by atoms with Crippen molar-refractivity contribution >= 4 is 5.97 Å². The van der Waals surface area contributed by atoms with E-state index in [4.69, 9.17) is 15.3 Å². The minimum absolute atomic E-state index is 0.823. The third-order valence-corrected chi connectivity index (χ3v) is 2.05. The van der Waals surface area contributed by atoms with Crippen molar-refractivity contribution in [3.05, 3.63) is 0 Å². The predicted octanol–water partition coefficient (Wildman–Crippen LogP) is -2.65. The molecule has 2 fully saturated rings. The molecule has 2 heterocycles. The van der Waals surface area contributed by atoms with Crippen LogP contribution in [0.25, 0.3) is 0 Å². The highest BCUT2D eigenvalue weighted by atomic mass is 16.7. The van der Waals surface area contributed by atoms with Gasteiger partial charge in [0, 0.05) is 0 Å². The number of aliphatic hydroxyl groups excluding tert-OH is 3. The molecule has 0 aromatic heterocycles. The van der Waals surface area contributed by atoms with E-state index in [1.807, 2.05) is 0 Å². The van der Waals surface area contributed by atoms with Crippen molar-refractivity contribution < 1.29 is 29.6 Å². The van der Waals surface area contributed by atoms with E-state index in [9.17, 15) is 4.79 Å². The van der Waals surface area contributed by atoms with Gasteiger partial charge in [0.05, 0.1) is 0 Å². The average Bonchev–Trinajstić information content (AvgIpc) is 2.43. The highest BCUT2D eigenvalue weighted by Crippen LogP contribution is 2.30. The molecule has 2 saturated heterocycles. The fraction of sp³-hybridized carbons (Fsp3) is 0.833. The maximum atomic E-state index is 10.7. The van der Waals surface area contributed by atoms with Gasteiger partial charge in [-0.3, -0.25) is 0 Å². The SMILES string of the molecule is O=C1OC2[C@H](O[C@@H](O)[C@H]2O)C1O. The van der Waals surface area contributed by atoms with Crippen molar-refractivity contribution in [2.75, 3.05) is 0 Å². The third kappa shape index (κ3) is 0.862. The molecule has 0 amide bonds. The second-order valence-corrected chi connectivity index (χ2v) is 2.83. The second-order valence-electron chi connectivity index (χ2n) is 2.83. The van der Waals surface area contributed by atoms with Gasteiger partial charge in [0.2, 0.25) is 0 Å². The lowest BCUT2D eigenvalue weighted by molar-refractivity contribution is -0.168. The van der Waals surface area contributed by atoms with Gasteiger partial charge >= 0.3 is 5.97 Å². The van der Waals surface area contributed by atoms with Crippen LogP contribution in [0.2, 0.25) is 0 Å². The quantitative estimate of drug-likeness (QED) is 0.349. The zero-order valence-electron chi connectivity index (χ0n) is 5.95. The topological polar surface area (TPSA) is 96.2 Å². The van der Waals surface area contributed by atoms with Crippen molar-refractivity contribution in [3.63, 3.8) is 0 Å². The van der Waals surface area contributed by atoms with Crippen LogP contribution in [0.15, 0.2) is 0 Å². The van der Waals surface area contributed by atoms with Crippen molar-refractivity contribution in [2.24, 2.45) is 0 Å². The van der Waals surface area contributed by atoms with E-state index in [-0.39, 0.29) is 0 Å². The van der Waals surface area contributed by atoms with Crippen LogP contribution in [0.5, 0.6) is 0 Å². The standard InChI is InChI=1S/C6H8O6/c7-1-3-4(12-5(1)9)2(8)6(10)11-3/h1-5,7-9H/t1-,2?,3?,4+,5+/m0/s1. The Morgan fingerprint density at radius 2 is 1.83 bits per heavy atom. The molecule has 2 aliphatic heterocycles. The van der Waals surface area contributed by atoms with Crippen molar-refractivity contribution in [2.45, 2.75) is 30.7 Å². The van der Waals surface area contributed by atoms with E-state index < -0.39 is 36.7 Å². The largest absolute Gasteiger partial charge is 0.454 e. The minimum Gasteiger partial charge on any atom is -0.454 e. The van der Waals surface area contributed by atoms with E-state index in [0.29, 0.717) is 0 Å². The molecule has 0 bridgehead atoms. The van der Waals surface area contributed by atoms with E-state index in [0.717, 1.165) is 0 Å². The molecule has 0 aromatic rings. The first-order valence-corrected chi connectivity index (χ1v) is 3.51. The summed E-state index contributed by atoms with van der Waals surface area (Å²) in [6.45, 7) is 0. The van der Waals surface area contributed by atoms with Crippen LogP contribution in [0.4, 0.5) is 0 Å². The number of hydrogen-bond donors (Lipinski definition) is 3. The summed E-state index contributed by atoms with van der Waals surface area (Å²) in [6, 6.07) is 0.